The van der Waals surface area contributed by atoms with Gasteiger partial charge >= 0.3 is 6.09 Å². The zero-order chi connectivity index (χ0) is 23.1. The molecule has 0 aliphatic heterocycles. The maximum absolute atomic E-state index is 11.9. The molecule has 2 aromatic carbocycles. The molecule has 1 atom stereocenters. The molecule has 0 radical (unpaired) electrons. The van der Waals surface area contributed by atoms with Gasteiger partial charge in [-0.25, -0.2) is 14.8 Å². The van der Waals surface area contributed by atoms with Gasteiger partial charge in [0.05, 0.1) is 17.5 Å². The topological polar surface area (TPSA) is 99.9 Å². The molecule has 1 amide bonds. The highest BCUT2D eigenvalue weighted by Gasteiger charge is 2.18. The predicted molar refractivity (Wildman–Crippen MR) is 124 cm³/mol. The van der Waals surface area contributed by atoms with Crippen LogP contribution in [0.3, 0.4) is 0 Å². The van der Waals surface area contributed by atoms with Gasteiger partial charge in [-0.1, -0.05) is 42.5 Å². The molecule has 7 nitrogen and oxygen atoms in total. The summed E-state index contributed by atoms with van der Waals surface area (Å²) in [6, 6.07) is 19.5. The molecule has 3 rings (SSSR count). The Morgan fingerprint density at radius 1 is 1.12 bits per heavy atom. The maximum Gasteiger partial charge on any atom is 0.407 e. The summed E-state index contributed by atoms with van der Waals surface area (Å²) in [4.78, 5) is 20.7. The van der Waals surface area contributed by atoms with Crippen molar-refractivity contribution in [2.24, 2.45) is 0 Å². The standard InChI is InChI=1S/C25H27N5O2/c1-17(28-24(31)32-25(2,3)4)14-18-10-12-19(13-11-18)22-20(15-26)16-27-23(30-22)29-21-8-6-5-7-9-21/h5-13,16-17H,14H2,1-4H3,(H,28,31)(H,27,29,30). The van der Waals surface area contributed by atoms with E-state index in [1.807, 2.05) is 82.3 Å². The second-order valence-electron chi connectivity index (χ2n) is 8.51. The first-order chi connectivity index (χ1) is 15.2. The predicted octanol–water partition coefficient (Wildman–Crippen LogP) is 5.21. The van der Waals surface area contributed by atoms with Crippen molar-refractivity contribution in [3.63, 3.8) is 0 Å². The number of para-hydroxylation sites is 1. The molecule has 0 spiro atoms. The Balaban J connectivity index is 1.71. The smallest absolute Gasteiger partial charge is 0.407 e. The molecule has 1 heterocycles. The van der Waals surface area contributed by atoms with Crippen LogP contribution in [0.5, 0.6) is 0 Å². The third kappa shape index (κ3) is 6.54. The fourth-order valence-electron chi connectivity index (χ4n) is 3.11. The number of benzene rings is 2. The summed E-state index contributed by atoms with van der Waals surface area (Å²) in [5, 5.41) is 15.5. The number of nitrogens with zero attached hydrogens (tertiary/aromatic N) is 3. The molecule has 0 saturated carbocycles. The van der Waals surface area contributed by atoms with Crippen molar-refractivity contribution < 1.29 is 9.53 Å². The van der Waals surface area contributed by atoms with Crippen molar-refractivity contribution in [2.75, 3.05) is 5.32 Å². The third-order valence-corrected chi connectivity index (χ3v) is 4.47. The summed E-state index contributed by atoms with van der Waals surface area (Å²) in [7, 11) is 0. The number of alkyl carbamates (subject to hydrolysis) is 1. The van der Waals surface area contributed by atoms with Crippen molar-refractivity contribution in [3.8, 4) is 17.3 Å². The molecule has 7 heteroatoms. The molecule has 1 aromatic heterocycles. The minimum atomic E-state index is -0.532. The van der Waals surface area contributed by atoms with Crippen LogP contribution in [0.15, 0.2) is 60.8 Å². The molecule has 0 aliphatic rings. The summed E-state index contributed by atoms with van der Waals surface area (Å²) < 4.78 is 5.30. The molecule has 0 saturated heterocycles. The minimum absolute atomic E-state index is 0.0916. The van der Waals surface area contributed by atoms with Gasteiger partial charge in [0.25, 0.3) is 0 Å². The summed E-state index contributed by atoms with van der Waals surface area (Å²) >= 11 is 0. The number of ether oxygens (including phenoxy) is 1. The molecular weight excluding hydrogens is 402 g/mol. The average Bonchev–Trinajstić information content (AvgIpc) is 2.73. The van der Waals surface area contributed by atoms with Gasteiger partial charge in [-0.2, -0.15) is 5.26 Å². The van der Waals surface area contributed by atoms with E-state index in [1.54, 1.807) is 0 Å². The van der Waals surface area contributed by atoms with Crippen LogP contribution in [-0.4, -0.2) is 27.7 Å². The van der Waals surface area contributed by atoms with Gasteiger partial charge in [0.2, 0.25) is 5.95 Å². The SMILES string of the molecule is CC(Cc1ccc(-c2nc(Nc3ccccc3)ncc2C#N)cc1)NC(=O)OC(C)(C)C. The third-order valence-electron chi connectivity index (χ3n) is 4.47. The fraction of sp³-hybridized carbons (Fsp3) is 0.280. The van der Waals surface area contributed by atoms with E-state index in [2.05, 4.69) is 26.7 Å². The van der Waals surface area contributed by atoms with Crippen LogP contribution in [0.1, 0.15) is 38.8 Å². The van der Waals surface area contributed by atoms with Crippen LogP contribution in [-0.2, 0) is 11.2 Å². The zero-order valence-electron chi connectivity index (χ0n) is 18.7. The van der Waals surface area contributed by atoms with E-state index in [9.17, 15) is 10.1 Å². The zero-order valence-corrected chi connectivity index (χ0v) is 18.7. The van der Waals surface area contributed by atoms with Gasteiger partial charge in [-0.15, -0.1) is 0 Å². The number of hydrogen-bond donors (Lipinski definition) is 2. The molecule has 164 valence electrons. The Bertz CT molecular complexity index is 1100. The number of nitrogens with one attached hydrogen (secondary N) is 2. The number of anilines is 2. The Kier molecular flexibility index (Phi) is 7.06. The monoisotopic (exact) mass is 429 g/mol. The van der Waals surface area contributed by atoms with E-state index >= 15 is 0 Å². The molecule has 2 N–H and O–H groups in total. The van der Waals surface area contributed by atoms with Crippen LogP contribution in [0.4, 0.5) is 16.4 Å². The van der Waals surface area contributed by atoms with Crippen molar-refractivity contribution in [1.29, 1.82) is 5.26 Å². The fourth-order valence-corrected chi connectivity index (χ4v) is 3.11. The van der Waals surface area contributed by atoms with Crippen molar-refractivity contribution in [2.45, 2.75) is 45.8 Å². The van der Waals surface area contributed by atoms with E-state index in [1.165, 1.54) is 6.20 Å². The molecule has 32 heavy (non-hydrogen) atoms. The lowest BCUT2D eigenvalue weighted by molar-refractivity contribution is 0.0508. The van der Waals surface area contributed by atoms with Crippen LogP contribution in [0.2, 0.25) is 0 Å². The van der Waals surface area contributed by atoms with Gasteiger partial charge in [-0.3, -0.25) is 0 Å². The average molecular weight is 430 g/mol. The van der Waals surface area contributed by atoms with Crippen LogP contribution < -0.4 is 10.6 Å². The largest absolute Gasteiger partial charge is 0.444 e. The van der Waals surface area contributed by atoms with Gasteiger partial charge in [0.15, 0.2) is 0 Å². The second-order valence-corrected chi connectivity index (χ2v) is 8.51. The van der Waals surface area contributed by atoms with E-state index < -0.39 is 11.7 Å². The first-order valence-electron chi connectivity index (χ1n) is 10.4. The van der Waals surface area contributed by atoms with Crippen LogP contribution in [0, 0.1) is 11.3 Å². The Morgan fingerprint density at radius 2 is 1.81 bits per heavy atom. The van der Waals surface area contributed by atoms with E-state index in [0.29, 0.717) is 23.6 Å². The van der Waals surface area contributed by atoms with E-state index in [4.69, 9.17) is 4.74 Å². The van der Waals surface area contributed by atoms with E-state index in [-0.39, 0.29) is 6.04 Å². The molecule has 0 bridgehead atoms. The van der Waals surface area contributed by atoms with Gasteiger partial charge < -0.3 is 15.4 Å². The number of aromatic nitrogens is 2. The molecule has 0 aliphatic carbocycles. The molecule has 0 fully saturated rings. The molecule has 3 aromatic rings. The van der Waals surface area contributed by atoms with Crippen molar-refractivity contribution >= 4 is 17.7 Å². The maximum atomic E-state index is 11.9. The summed E-state index contributed by atoms with van der Waals surface area (Å²) in [6.45, 7) is 7.43. The van der Waals surface area contributed by atoms with Crippen LogP contribution in [0.25, 0.3) is 11.3 Å². The Hall–Kier alpha value is -3.92. The van der Waals surface area contributed by atoms with E-state index in [0.717, 1.165) is 16.8 Å². The highest BCUT2D eigenvalue weighted by atomic mass is 16.6. The number of carbonyl (C=O) groups is 1. The lowest BCUT2D eigenvalue weighted by Crippen LogP contribution is -2.38. The number of amides is 1. The first kappa shape index (κ1) is 22.8. The Morgan fingerprint density at radius 3 is 2.44 bits per heavy atom. The lowest BCUT2D eigenvalue weighted by atomic mass is 10.0. The number of nitriles is 1. The quantitative estimate of drug-likeness (QED) is 0.558. The summed E-state index contributed by atoms with van der Waals surface area (Å²) in [6.07, 6.45) is 1.74. The normalized spacial score (nSPS) is 11.8. The molecule has 1 unspecified atom stereocenters. The number of hydrogen-bond acceptors (Lipinski definition) is 6. The minimum Gasteiger partial charge on any atom is -0.444 e. The second kappa shape index (κ2) is 9.92. The first-order valence-corrected chi connectivity index (χ1v) is 10.4. The van der Waals surface area contributed by atoms with Gasteiger partial charge in [0.1, 0.15) is 11.7 Å². The van der Waals surface area contributed by atoms with Crippen molar-refractivity contribution in [3.05, 3.63) is 71.9 Å². The molecular formula is C25H27N5O2. The van der Waals surface area contributed by atoms with Crippen molar-refractivity contribution in [1.82, 2.24) is 15.3 Å². The summed E-state index contributed by atoms with van der Waals surface area (Å²) in [5.74, 6) is 0.421. The highest BCUT2D eigenvalue weighted by molar-refractivity contribution is 5.69. The highest BCUT2D eigenvalue weighted by Crippen LogP contribution is 2.24. The summed E-state index contributed by atoms with van der Waals surface area (Å²) in [5.41, 5.74) is 3.16. The van der Waals surface area contributed by atoms with Gasteiger partial charge in [-0.05, 0) is 51.8 Å². The number of rotatable bonds is 6. The number of carbonyl (C=O) groups excluding carboxylic acids is 1. The van der Waals surface area contributed by atoms with Gasteiger partial charge in [0, 0.05) is 17.3 Å². The Labute approximate surface area is 188 Å². The lowest BCUT2D eigenvalue weighted by Gasteiger charge is -2.22. The van der Waals surface area contributed by atoms with Crippen LogP contribution >= 0.6 is 0 Å².